The highest BCUT2D eigenvalue weighted by molar-refractivity contribution is 5.69. The van der Waals surface area contributed by atoms with Gasteiger partial charge >= 0.3 is 5.97 Å². The first-order chi connectivity index (χ1) is 9.72. The summed E-state index contributed by atoms with van der Waals surface area (Å²) in [5.74, 6) is -0.358. The number of aliphatic hydroxyl groups is 1. The first-order valence-electron chi connectivity index (χ1n) is 7.09. The number of carbonyl (C=O) groups is 1. The highest BCUT2D eigenvalue weighted by Gasteiger charge is 2.10. The van der Waals surface area contributed by atoms with Gasteiger partial charge in [-0.15, -0.1) is 0 Å². The van der Waals surface area contributed by atoms with Gasteiger partial charge in [0.2, 0.25) is 0 Å². The van der Waals surface area contributed by atoms with E-state index in [2.05, 4.69) is 4.74 Å². The Morgan fingerprint density at radius 2 is 1.95 bits per heavy atom. The Balaban J connectivity index is 1.93. The van der Waals surface area contributed by atoms with Crippen LogP contribution in [0.15, 0.2) is 30.3 Å². The van der Waals surface area contributed by atoms with E-state index in [1.165, 1.54) is 12.7 Å². The van der Waals surface area contributed by atoms with Crippen molar-refractivity contribution in [2.75, 3.05) is 13.7 Å². The lowest BCUT2D eigenvalue weighted by Gasteiger charge is -2.09. The van der Waals surface area contributed by atoms with Gasteiger partial charge in [-0.2, -0.15) is 0 Å². The molecule has 1 aromatic carbocycles. The van der Waals surface area contributed by atoms with Gasteiger partial charge < -0.3 is 14.6 Å². The third kappa shape index (κ3) is 7.92. The van der Waals surface area contributed by atoms with E-state index in [9.17, 15) is 9.90 Å². The normalized spacial score (nSPS) is 12.1. The molecule has 1 aromatic rings. The van der Waals surface area contributed by atoms with E-state index in [1.807, 2.05) is 30.3 Å². The smallest absolute Gasteiger partial charge is 0.308 e. The minimum absolute atomic E-state index is 0.0843. The van der Waals surface area contributed by atoms with Gasteiger partial charge in [0.25, 0.3) is 0 Å². The number of rotatable bonds is 10. The number of methoxy groups -OCH3 is 1. The van der Waals surface area contributed by atoms with Crippen molar-refractivity contribution < 1.29 is 19.4 Å². The molecule has 0 fully saturated rings. The molecule has 1 rings (SSSR count). The fourth-order valence-corrected chi connectivity index (χ4v) is 1.90. The summed E-state index contributed by atoms with van der Waals surface area (Å²) < 4.78 is 10.1. The maximum absolute atomic E-state index is 10.9. The molecule has 0 aliphatic heterocycles. The van der Waals surface area contributed by atoms with Crippen LogP contribution in [0.2, 0.25) is 0 Å². The molecule has 0 radical (unpaired) electrons. The van der Waals surface area contributed by atoms with E-state index in [-0.39, 0.29) is 12.4 Å². The summed E-state index contributed by atoms with van der Waals surface area (Å²) in [7, 11) is 1.33. The van der Waals surface area contributed by atoms with E-state index in [0.717, 1.165) is 25.9 Å². The standard InChI is InChI=1S/C16H24O4/c1-19-16(18)12-15(17)10-6-3-7-11-20-13-14-8-4-2-5-9-14/h2,4-5,8-9,15,17H,3,6-7,10-13H2,1H3. The fraction of sp³-hybridized carbons (Fsp3) is 0.562. The Hall–Kier alpha value is -1.39. The van der Waals surface area contributed by atoms with Crippen molar-refractivity contribution in [3.05, 3.63) is 35.9 Å². The summed E-state index contributed by atoms with van der Waals surface area (Å²) in [5, 5.41) is 9.57. The van der Waals surface area contributed by atoms with Crippen LogP contribution in [0.25, 0.3) is 0 Å². The average molecular weight is 280 g/mol. The third-order valence-corrected chi connectivity index (χ3v) is 3.07. The predicted octanol–water partition coefficient (Wildman–Crippen LogP) is 2.69. The van der Waals surface area contributed by atoms with Crippen LogP contribution in [0.3, 0.4) is 0 Å². The fourth-order valence-electron chi connectivity index (χ4n) is 1.90. The number of carbonyl (C=O) groups excluding carboxylic acids is 1. The zero-order valence-corrected chi connectivity index (χ0v) is 12.1. The van der Waals surface area contributed by atoms with Crippen LogP contribution < -0.4 is 0 Å². The molecule has 0 aromatic heterocycles. The highest BCUT2D eigenvalue weighted by atomic mass is 16.5. The highest BCUT2D eigenvalue weighted by Crippen LogP contribution is 2.08. The Morgan fingerprint density at radius 1 is 1.20 bits per heavy atom. The number of hydrogen-bond acceptors (Lipinski definition) is 4. The molecule has 0 bridgehead atoms. The van der Waals surface area contributed by atoms with Gasteiger partial charge in [-0.25, -0.2) is 0 Å². The average Bonchev–Trinajstić information content (AvgIpc) is 2.47. The van der Waals surface area contributed by atoms with E-state index in [4.69, 9.17) is 4.74 Å². The van der Waals surface area contributed by atoms with Crippen molar-refractivity contribution in [2.45, 2.75) is 44.8 Å². The predicted molar refractivity (Wildman–Crippen MR) is 77.2 cm³/mol. The van der Waals surface area contributed by atoms with E-state index in [0.29, 0.717) is 13.0 Å². The molecule has 0 heterocycles. The van der Waals surface area contributed by atoms with Gasteiger partial charge in [0.05, 0.1) is 26.2 Å². The monoisotopic (exact) mass is 280 g/mol. The maximum Gasteiger partial charge on any atom is 0.308 e. The van der Waals surface area contributed by atoms with Crippen molar-refractivity contribution in [3.8, 4) is 0 Å². The number of benzene rings is 1. The lowest BCUT2D eigenvalue weighted by atomic mass is 10.1. The number of unbranched alkanes of at least 4 members (excludes halogenated alkanes) is 2. The summed E-state index contributed by atoms with van der Waals surface area (Å²) in [4.78, 5) is 10.9. The molecule has 4 nitrogen and oxygen atoms in total. The molecule has 1 N–H and O–H groups in total. The lowest BCUT2D eigenvalue weighted by molar-refractivity contribution is -0.142. The van der Waals surface area contributed by atoms with Gasteiger partial charge in [0.1, 0.15) is 0 Å². The molecule has 4 heteroatoms. The van der Waals surface area contributed by atoms with E-state index < -0.39 is 6.10 Å². The molecule has 0 saturated carbocycles. The Labute approximate surface area is 120 Å². The van der Waals surface area contributed by atoms with Crippen molar-refractivity contribution in [3.63, 3.8) is 0 Å². The molecule has 1 unspecified atom stereocenters. The van der Waals surface area contributed by atoms with Gasteiger partial charge in [0.15, 0.2) is 0 Å². The van der Waals surface area contributed by atoms with Gasteiger partial charge in [0, 0.05) is 6.61 Å². The molecule has 0 amide bonds. The van der Waals surface area contributed by atoms with Crippen LogP contribution in [0.5, 0.6) is 0 Å². The van der Waals surface area contributed by atoms with Crippen molar-refractivity contribution >= 4 is 5.97 Å². The lowest BCUT2D eigenvalue weighted by Crippen LogP contribution is -2.14. The third-order valence-electron chi connectivity index (χ3n) is 3.07. The minimum Gasteiger partial charge on any atom is -0.469 e. The van der Waals surface area contributed by atoms with Crippen LogP contribution in [0.4, 0.5) is 0 Å². The molecule has 112 valence electrons. The van der Waals surface area contributed by atoms with Crippen molar-refractivity contribution in [1.29, 1.82) is 0 Å². The number of esters is 1. The molecule has 0 aliphatic rings. The van der Waals surface area contributed by atoms with Gasteiger partial charge in [-0.05, 0) is 18.4 Å². The zero-order valence-electron chi connectivity index (χ0n) is 12.1. The maximum atomic E-state index is 10.9. The number of hydrogen-bond donors (Lipinski definition) is 1. The summed E-state index contributed by atoms with van der Waals surface area (Å²) in [6.45, 7) is 1.37. The largest absolute Gasteiger partial charge is 0.469 e. The number of ether oxygens (including phenoxy) is 2. The summed E-state index contributed by atoms with van der Waals surface area (Å²) in [6, 6.07) is 10.1. The molecule has 0 saturated heterocycles. The minimum atomic E-state index is -0.590. The second kappa shape index (κ2) is 10.4. The Kier molecular flexibility index (Phi) is 8.67. The number of aliphatic hydroxyl groups excluding tert-OH is 1. The first kappa shape index (κ1) is 16.7. The SMILES string of the molecule is COC(=O)CC(O)CCCCCOCc1ccccc1. The molecule has 20 heavy (non-hydrogen) atoms. The van der Waals surface area contributed by atoms with Crippen LogP contribution in [-0.2, 0) is 20.9 Å². The van der Waals surface area contributed by atoms with Crippen LogP contribution in [-0.4, -0.2) is 30.9 Å². The molecular weight excluding hydrogens is 256 g/mol. The van der Waals surface area contributed by atoms with Crippen LogP contribution in [0, 0.1) is 0 Å². The summed E-state index contributed by atoms with van der Waals surface area (Å²) >= 11 is 0. The Bertz CT molecular complexity index is 364. The topological polar surface area (TPSA) is 55.8 Å². The molecule has 0 aliphatic carbocycles. The Morgan fingerprint density at radius 3 is 2.65 bits per heavy atom. The molecular formula is C16H24O4. The second-order valence-electron chi connectivity index (χ2n) is 4.82. The van der Waals surface area contributed by atoms with Gasteiger partial charge in [-0.3, -0.25) is 4.79 Å². The van der Waals surface area contributed by atoms with E-state index >= 15 is 0 Å². The molecule has 0 spiro atoms. The van der Waals surface area contributed by atoms with E-state index in [1.54, 1.807) is 0 Å². The first-order valence-corrected chi connectivity index (χ1v) is 7.09. The zero-order chi connectivity index (χ0) is 14.6. The quantitative estimate of drug-likeness (QED) is 0.529. The van der Waals surface area contributed by atoms with Crippen molar-refractivity contribution in [2.24, 2.45) is 0 Å². The van der Waals surface area contributed by atoms with Crippen LogP contribution in [0.1, 0.15) is 37.7 Å². The van der Waals surface area contributed by atoms with Crippen molar-refractivity contribution in [1.82, 2.24) is 0 Å². The summed E-state index contributed by atoms with van der Waals surface area (Å²) in [6.07, 6.45) is 2.99. The summed E-state index contributed by atoms with van der Waals surface area (Å²) in [5.41, 5.74) is 1.18. The van der Waals surface area contributed by atoms with Gasteiger partial charge in [-0.1, -0.05) is 43.2 Å². The second-order valence-corrected chi connectivity index (χ2v) is 4.82. The van der Waals surface area contributed by atoms with Crippen LogP contribution >= 0.6 is 0 Å². The molecule has 1 atom stereocenters.